The molecule has 23 heavy (non-hydrogen) atoms. The Balaban J connectivity index is 1.84. The van der Waals surface area contributed by atoms with Gasteiger partial charge in [0.1, 0.15) is 18.1 Å². The molecule has 0 spiro atoms. The van der Waals surface area contributed by atoms with Crippen molar-refractivity contribution in [2.75, 3.05) is 5.32 Å². The van der Waals surface area contributed by atoms with Gasteiger partial charge in [0, 0.05) is 10.6 Å². The Hall–Kier alpha value is -2.34. The van der Waals surface area contributed by atoms with Crippen molar-refractivity contribution in [2.45, 2.75) is 32.7 Å². The molecule has 0 saturated heterocycles. The topological polar surface area (TPSA) is 84.2 Å². The number of benzene rings is 1. The number of rotatable bonds is 3. The lowest BCUT2D eigenvalue weighted by Gasteiger charge is -2.12. The zero-order valence-corrected chi connectivity index (χ0v) is 13.4. The molecule has 1 amide bonds. The van der Waals surface area contributed by atoms with Gasteiger partial charge < -0.3 is 10.4 Å². The van der Waals surface area contributed by atoms with Crippen molar-refractivity contribution >= 4 is 23.2 Å². The third-order valence-electron chi connectivity index (χ3n) is 3.91. The maximum Gasteiger partial charge on any atom is 0.257 e. The van der Waals surface area contributed by atoms with E-state index >= 15 is 0 Å². The number of anilines is 1. The number of hydrogen-bond acceptors (Lipinski definition) is 4. The minimum atomic E-state index is -0.424. The summed E-state index contributed by atoms with van der Waals surface area (Å²) >= 11 is 5.85. The number of nitrogens with one attached hydrogen (secondary N) is 1. The van der Waals surface area contributed by atoms with E-state index in [-0.39, 0.29) is 23.5 Å². The van der Waals surface area contributed by atoms with Crippen LogP contribution in [0.1, 0.15) is 23.5 Å². The van der Waals surface area contributed by atoms with Crippen molar-refractivity contribution in [3.63, 3.8) is 0 Å². The molecule has 1 heterocycles. The van der Waals surface area contributed by atoms with E-state index in [1.165, 1.54) is 22.8 Å². The van der Waals surface area contributed by atoms with Crippen molar-refractivity contribution in [3.05, 3.63) is 50.7 Å². The molecular formula is C16H16ClN3O3. The molecule has 3 rings (SSSR count). The smallest absolute Gasteiger partial charge is 0.257 e. The highest BCUT2D eigenvalue weighted by atomic mass is 35.5. The van der Waals surface area contributed by atoms with Crippen LogP contribution in [-0.2, 0) is 24.2 Å². The highest BCUT2D eigenvalue weighted by molar-refractivity contribution is 6.31. The monoisotopic (exact) mass is 333 g/mol. The number of nitrogens with zero attached hydrogens (tertiary/aromatic N) is 2. The first-order valence-corrected chi connectivity index (χ1v) is 7.71. The number of halogens is 1. The second-order valence-electron chi connectivity index (χ2n) is 5.54. The largest absolute Gasteiger partial charge is 0.506 e. The van der Waals surface area contributed by atoms with E-state index < -0.39 is 5.91 Å². The highest BCUT2D eigenvalue weighted by Crippen LogP contribution is 2.26. The maximum absolute atomic E-state index is 12.5. The average molecular weight is 334 g/mol. The van der Waals surface area contributed by atoms with Crippen LogP contribution in [-0.4, -0.2) is 20.6 Å². The summed E-state index contributed by atoms with van der Waals surface area (Å²) in [5, 5.41) is 12.7. The van der Waals surface area contributed by atoms with Gasteiger partial charge in [-0.05, 0) is 44.4 Å². The zero-order valence-electron chi connectivity index (χ0n) is 12.6. The number of fused-ring (bicyclic) bond motifs is 1. The van der Waals surface area contributed by atoms with Crippen LogP contribution in [0, 0.1) is 6.92 Å². The van der Waals surface area contributed by atoms with Crippen molar-refractivity contribution in [1.82, 2.24) is 9.55 Å². The highest BCUT2D eigenvalue weighted by Gasteiger charge is 2.20. The van der Waals surface area contributed by atoms with Gasteiger partial charge >= 0.3 is 0 Å². The Bertz CT molecular complexity index is 845. The minimum Gasteiger partial charge on any atom is -0.506 e. The van der Waals surface area contributed by atoms with E-state index in [9.17, 15) is 14.7 Å². The Morgan fingerprint density at radius 2 is 2.22 bits per heavy atom. The lowest BCUT2D eigenvalue weighted by Crippen LogP contribution is -2.32. The molecule has 6 nitrogen and oxygen atoms in total. The minimum absolute atomic E-state index is 0.0844. The number of phenolic OH excluding ortho intramolecular Hbond substituents is 1. The third-order valence-corrected chi connectivity index (χ3v) is 4.15. The molecule has 0 radical (unpaired) electrons. The fourth-order valence-electron chi connectivity index (χ4n) is 2.78. The molecule has 0 aliphatic heterocycles. The molecule has 0 fully saturated rings. The first-order valence-electron chi connectivity index (χ1n) is 7.33. The molecule has 0 unspecified atom stereocenters. The molecule has 1 aromatic carbocycles. The molecule has 7 heteroatoms. The normalized spacial score (nSPS) is 13.0. The average Bonchev–Trinajstić information content (AvgIpc) is 2.95. The predicted molar refractivity (Wildman–Crippen MR) is 87.0 cm³/mol. The molecule has 1 aromatic heterocycles. The quantitative estimate of drug-likeness (QED) is 0.842. The number of phenols is 1. The second-order valence-corrected chi connectivity index (χ2v) is 5.98. The maximum atomic E-state index is 12.5. The molecule has 2 N–H and O–H groups in total. The first-order chi connectivity index (χ1) is 11.0. The summed E-state index contributed by atoms with van der Waals surface area (Å²) in [7, 11) is 0. The lowest BCUT2D eigenvalue weighted by molar-refractivity contribution is -0.116. The second kappa shape index (κ2) is 6.04. The summed E-state index contributed by atoms with van der Waals surface area (Å²) < 4.78 is 1.36. The molecule has 0 bridgehead atoms. The van der Waals surface area contributed by atoms with Crippen molar-refractivity contribution in [2.24, 2.45) is 0 Å². The van der Waals surface area contributed by atoms with E-state index in [1.807, 2.05) is 0 Å². The molecule has 0 saturated carbocycles. The van der Waals surface area contributed by atoms with Gasteiger partial charge in [0.25, 0.3) is 5.56 Å². The number of aromatic hydroxyl groups is 1. The van der Waals surface area contributed by atoms with Crippen LogP contribution in [0.2, 0.25) is 5.02 Å². The lowest BCUT2D eigenvalue weighted by atomic mass is 10.2. The fraction of sp³-hybridized carbons (Fsp3) is 0.312. The van der Waals surface area contributed by atoms with E-state index in [4.69, 9.17) is 11.6 Å². The van der Waals surface area contributed by atoms with Gasteiger partial charge in [-0.2, -0.15) is 0 Å². The standard InChI is InChI=1S/C16H16ClN3O3/c1-9-18-12-4-2-3-11(12)16(23)20(9)8-15(22)19-13-7-10(17)5-6-14(13)21/h5-7,21H,2-4,8H2,1H3,(H,19,22). The van der Waals surface area contributed by atoms with Gasteiger partial charge in [-0.1, -0.05) is 11.6 Å². The molecule has 120 valence electrons. The molecule has 1 aliphatic carbocycles. The summed E-state index contributed by atoms with van der Waals surface area (Å²) in [6.45, 7) is 1.56. The molecule has 0 atom stereocenters. The van der Waals surface area contributed by atoms with Crippen LogP contribution in [0.25, 0.3) is 0 Å². The summed E-state index contributed by atoms with van der Waals surface area (Å²) in [6.07, 6.45) is 2.44. The van der Waals surface area contributed by atoms with Crippen molar-refractivity contribution in [3.8, 4) is 5.75 Å². The van der Waals surface area contributed by atoms with Gasteiger partial charge in [0.2, 0.25) is 5.91 Å². The van der Waals surface area contributed by atoms with Crippen LogP contribution in [0.5, 0.6) is 5.75 Å². The van der Waals surface area contributed by atoms with Gasteiger partial charge in [-0.15, -0.1) is 0 Å². The van der Waals surface area contributed by atoms with Crippen LogP contribution in [0.15, 0.2) is 23.0 Å². The van der Waals surface area contributed by atoms with E-state index in [1.54, 1.807) is 6.92 Å². The number of aromatic nitrogens is 2. The Kier molecular flexibility index (Phi) is 4.09. The van der Waals surface area contributed by atoms with Crippen LogP contribution in [0.3, 0.4) is 0 Å². The van der Waals surface area contributed by atoms with E-state index in [0.29, 0.717) is 22.8 Å². The van der Waals surface area contributed by atoms with Crippen molar-refractivity contribution in [1.29, 1.82) is 0 Å². The van der Waals surface area contributed by atoms with E-state index in [2.05, 4.69) is 10.3 Å². The summed E-state index contributed by atoms with van der Waals surface area (Å²) in [5.74, 6) is 0.00697. The number of amides is 1. The molecule has 2 aromatic rings. The first kappa shape index (κ1) is 15.6. The summed E-state index contributed by atoms with van der Waals surface area (Å²) in [6, 6.07) is 4.36. The number of carbonyl (C=O) groups is 1. The zero-order chi connectivity index (χ0) is 16.6. The van der Waals surface area contributed by atoms with Crippen molar-refractivity contribution < 1.29 is 9.90 Å². The number of carbonyl (C=O) groups excluding carboxylic acids is 1. The summed E-state index contributed by atoms with van der Waals surface area (Å²) in [5.41, 5.74) is 1.60. The Labute approximate surface area is 137 Å². The summed E-state index contributed by atoms with van der Waals surface area (Å²) in [4.78, 5) is 29.1. The van der Waals surface area contributed by atoms with Gasteiger partial charge in [-0.3, -0.25) is 14.2 Å². The number of aryl methyl sites for hydroxylation is 2. The Morgan fingerprint density at radius 1 is 1.43 bits per heavy atom. The van der Waals surface area contributed by atoms with Crippen LogP contribution >= 0.6 is 11.6 Å². The number of hydrogen-bond donors (Lipinski definition) is 2. The Morgan fingerprint density at radius 3 is 3.00 bits per heavy atom. The molecule has 1 aliphatic rings. The SMILES string of the molecule is Cc1nc2c(c(=O)n1CC(=O)Nc1cc(Cl)ccc1O)CCC2. The fourth-order valence-corrected chi connectivity index (χ4v) is 2.95. The third kappa shape index (κ3) is 3.07. The predicted octanol–water partition coefficient (Wildman–Crippen LogP) is 2.04. The van der Waals surface area contributed by atoms with E-state index in [0.717, 1.165) is 18.5 Å². The molecular weight excluding hydrogens is 318 g/mol. The van der Waals surface area contributed by atoms with Crippen LogP contribution < -0.4 is 10.9 Å². The van der Waals surface area contributed by atoms with Gasteiger partial charge in [0.15, 0.2) is 0 Å². The van der Waals surface area contributed by atoms with Gasteiger partial charge in [0.05, 0.1) is 11.4 Å². The van der Waals surface area contributed by atoms with Gasteiger partial charge in [-0.25, -0.2) is 4.98 Å². The van der Waals surface area contributed by atoms with Crippen LogP contribution in [0.4, 0.5) is 5.69 Å².